The first-order chi connectivity index (χ1) is 4.74. The molecular formula is C6H3N2O2+. The highest BCUT2D eigenvalue weighted by Gasteiger charge is 2.23. The molecule has 0 bridgehead atoms. The Bertz CT molecular complexity index is 293. The standard InChI is InChI=1S/C6H3N2O2/c7-8-5-3-4(9)1-2-6(5)10/h1-3H/q+1. The fourth-order valence-electron chi connectivity index (χ4n) is 0.575. The van der Waals surface area contributed by atoms with Crippen molar-refractivity contribution in [3.05, 3.63) is 28.9 Å². The number of hydrogen-bond donors (Lipinski definition) is 0. The van der Waals surface area contributed by atoms with Crippen molar-refractivity contribution in [3.63, 3.8) is 0 Å². The van der Waals surface area contributed by atoms with E-state index >= 15 is 0 Å². The Hall–Kier alpha value is -1.76. The Labute approximate surface area is 56.5 Å². The Balaban J connectivity index is 3.03. The van der Waals surface area contributed by atoms with Gasteiger partial charge in [0.2, 0.25) is 5.39 Å². The molecular weight excluding hydrogens is 132 g/mol. The fourth-order valence-corrected chi connectivity index (χ4v) is 0.575. The molecule has 0 aromatic carbocycles. The maximum Gasteiger partial charge on any atom is 0.435 e. The summed E-state index contributed by atoms with van der Waals surface area (Å²) in [6.07, 6.45) is 3.16. The molecule has 0 saturated heterocycles. The van der Waals surface area contributed by atoms with Crippen LogP contribution < -0.4 is 0 Å². The molecule has 4 nitrogen and oxygen atoms in total. The number of carbonyl (C=O) groups is 2. The van der Waals surface area contributed by atoms with Gasteiger partial charge in [0, 0.05) is 0 Å². The predicted molar refractivity (Wildman–Crippen MR) is 32.3 cm³/mol. The minimum atomic E-state index is -0.456. The van der Waals surface area contributed by atoms with E-state index in [2.05, 4.69) is 4.98 Å². The number of diazo groups is 1. The molecule has 4 heteroatoms. The molecule has 0 atom stereocenters. The Morgan fingerprint density at radius 3 is 2.50 bits per heavy atom. The van der Waals surface area contributed by atoms with E-state index in [0.717, 1.165) is 18.2 Å². The molecule has 0 fully saturated rings. The highest BCUT2D eigenvalue weighted by Crippen LogP contribution is 2.05. The molecule has 0 heterocycles. The number of ketones is 2. The lowest BCUT2D eigenvalue weighted by Gasteiger charge is -1.85. The average molecular weight is 135 g/mol. The first kappa shape index (κ1) is 6.36. The normalized spacial score (nSPS) is 16.5. The fraction of sp³-hybridized carbons (Fsp3) is 0. The molecule has 1 rings (SSSR count). The van der Waals surface area contributed by atoms with E-state index in [1.54, 1.807) is 0 Å². The monoisotopic (exact) mass is 135 g/mol. The number of nitrogens with zero attached hydrogens (tertiary/aromatic N) is 2. The Morgan fingerprint density at radius 2 is 2.00 bits per heavy atom. The van der Waals surface area contributed by atoms with Gasteiger partial charge in [0.05, 0.1) is 6.08 Å². The second-order valence-electron chi connectivity index (χ2n) is 1.73. The molecule has 0 N–H and O–H groups in total. The number of hydrogen-bond acceptors (Lipinski definition) is 3. The summed E-state index contributed by atoms with van der Waals surface area (Å²) in [5.41, 5.74) is -0.215. The quantitative estimate of drug-likeness (QED) is 0.357. The summed E-state index contributed by atoms with van der Waals surface area (Å²) in [5, 5.41) is 8.13. The van der Waals surface area contributed by atoms with Gasteiger partial charge in [-0.2, -0.15) is 0 Å². The third-order valence-electron chi connectivity index (χ3n) is 1.04. The van der Waals surface area contributed by atoms with Gasteiger partial charge >= 0.3 is 5.70 Å². The highest BCUT2D eigenvalue weighted by molar-refractivity contribution is 6.18. The van der Waals surface area contributed by atoms with Crippen molar-refractivity contribution in [2.45, 2.75) is 0 Å². The lowest BCUT2D eigenvalue weighted by atomic mass is 10.1. The van der Waals surface area contributed by atoms with E-state index in [9.17, 15) is 9.59 Å². The summed E-state index contributed by atoms with van der Waals surface area (Å²) in [6.45, 7) is 0. The van der Waals surface area contributed by atoms with Crippen LogP contribution in [-0.2, 0) is 9.59 Å². The molecule has 0 saturated carbocycles. The molecule has 1 aliphatic rings. The van der Waals surface area contributed by atoms with Crippen molar-refractivity contribution in [1.82, 2.24) is 0 Å². The van der Waals surface area contributed by atoms with Gasteiger partial charge in [0.25, 0.3) is 5.78 Å². The van der Waals surface area contributed by atoms with Gasteiger partial charge in [0.15, 0.2) is 10.8 Å². The van der Waals surface area contributed by atoms with E-state index in [1.807, 2.05) is 0 Å². The minimum absolute atomic E-state index is 0.215. The highest BCUT2D eigenvalue weighted by atomic mass is 16.1. The largest absolute Gasteiger partial charge is 0.435 e. The SMILES string of the molecule is N#[N+]C1=CC(=O)C=CC1=O. The van der Waals surface area contributed by atoms with Crippen LogP contribution >= 0.6 is 0 Å². The van der Waals surface area contributed by atoms with E-state index in [1.165, 1.54) is 0 Å². The van der Waals surface area contributed by atoms with E-state index < -0.39 is 5.78 Å². The molecule has 0 amide bonds. The number of carbonyl (C=O) groups excluding carboxylic acids is 2. The summed E-state index contributed by atoms with van der Waals surface area (Å²) >= 11 is 0. The van der Waals surface area contributed by atoms with Crippen molar-refractivity contribution in [3.8, 4) is 0 Å². The second-order valence-corrected chi connectivity index (χ2v) is 1.73. The van der Waals surface area contributed by atoms with Crippen LogP contribution in [0.15, 0.2) is 23.9 Å². The summed E-state index contributed by atoms with van der Waals surface area (Å²) in [4.78, 5) is 23.7. The first-order valence-electron chi connectivity index (χ1n) is 2.57. The molecule has 0 unspecified atom stereocenters. The van der Waals surface area contributed by atoms with Gasteiger partial charge in [-0.25, -0.2) is 0 Å². The van der Waals surface area contributed by atoms with Crippen LogP contribution in [0.25, 0.3) is 4.98 Å². The number of allylic oxidation sites excluding steroid dienone is 3. The van der Waals surface area contributed by atoms with Gasteiger partial charge < -0.3 is 0 Å². The molecule has 0 aromatic rings. The van der Waals surface area contributed by atoms with Crippen molar-refractivity contribution < 1.29 is 9.59 Å². The van der Waals surface area contributed by atoms with Crippen LogP contribution in [-0.4, -0.2) is 11.6 Å². The molecule has 0 spiro atoms. The van der Waals surface area contributed by atoms with E-state index in [-0.39, 0.29) is 11.5 Å². The molecule has 0 aliphatic heterocycles. The summed E-state index contributed by atoms with van der Waals surface area (Å²) in [7, 11) is 0. The molecule has 10 heavy (non-hydrogen) atoms. The first-order valence-corrected chi connectivity index (χ1v) is 2.57. The summed E-state index contributed by atoms with van der Waals surface area (Å²) in [5.74, 6) is -0.797. The van der Waals surface area contributed by atoms with Gasteiger partial charge in [-0.05, 0) is 12.2 Å². The lowest BCUT2D eigenvalue weighted by molar-refractivity contribution is -0.114. The van der Waals surface area contributed by atoms with Crippen LogP contribution in [0.3, 0.4) is 0 Å². The zero-order valence-electron chi connectivity index (χ0n) is 4.94. The topological polar surface area (TPSA) is 62.3 Å². The summed E-state index contributed by atoms with van der Waals surface area (Å²) < 4.78 is 0. The number of rotatable bonds is 0. The van der Waals surface area contributed by atoms with Crippen LogP contribution in [0, 0.1) is 5.39 Å². The smallest absolute Gasteiger partial charge is 0.290 e. The summed E-state index contributed by atoms with van der Waals surface area (Å²) in [6, 6.07) is 0. The van der Waals surface area contributed by atoms with E-state index in [4.69, 9.17) is 5.39 Å². The zero-order chi connectivity index (χ0) is 7.56. The van der Waals surface area contributed by atoms with E-state index in [0.29, 0.717) is 0 Å². The molecule has 0 radical (unpaired) electrons. The van der Waals surface area contributed by atoms with Crippen molar-refractivity contribution >= 4 is 11.6 Å². The van der Waals surface area contributed by atoms with Crippen molar-refractivity contribution in [2.75, 3.05) is 0 Å². The maximum atomic E-state index is 10.6. The molecule has 1 aliphatic carbocycles. The van der Waals surface area contributed by atoms with Crippen LogP contribution in [0.4, 0.5) is 0 Å². The lowest BCUT2D eigenvalue weighted by Crippen LogP contribution is -2.03. The average Bonchev–Trinajstić information content (AvgIpc) is 1.94. The van der Waals surface area contributed by atoms with Crippen LogP contribution in [0.5, 0.6) is 0 Å². The van der Waals surface area contributed by atoms with Crippen LogP contribution in [0.2, 0.25) is 0 Å². The second kappa shape index (κ2) is 2.23. The van der Waals surface area contributed by atoms with Gasteiger partial charge in [-0.1, -0.05) is 0 Å². The third kappa shape index (κ3) is 0.977. The van der Waals surface area contributed by atoms with Crippen LogP contribution in [0.1, 0.15) is 0 Å². The minimum Gasteiger partial charge on any atom is -0.290 e. The van der Waals surface area contributed by atoms with Gasteiger partial charge in [-0.15, -0.1) is 0 Å². The molecule has 0 aromatic heterocycles. The third-order valence-corrected chi connectivity index (χ3v) is 1.04. The van der Waals surface area contributed by atoms with Gasteiger partial charge in [-0.3, -0.25) is 9.59 Å². The molecule has 48 valence electrons. The van der Waals surface area contributed by atoms with Gasteiger partial charge in [0.1, 0.15) is 0 Å². The van der Waals surface area contributed by atoms with Crippen molar-refractivity contribution in [2.24, 2.45) is 0 Å². The predicted octanol–water partition coefficient (Wildman–Crippen LogP) is 0.431. The Kier molecular flexibility index (Phi) is 1.42. The maximum absolute atomic E-state index is 10.6. The van der Waals surface area contributed by atoms with Crippen molar-refractivity contribution in [1.29, 1.82) is 5.39 Å². The Morgan fingerprint density at radius 1 is 1.30 bits per heavy atom. The zero-order valence-corrected chi connectivity index (χ0v) is 4.94.